The van der Waals surface area contributed by atoms with Gasteiger partial charge in [-0.2, -0.15) is 0 Å². The predicted octanol–water partition coefficient (Wildman–Crippen LogP) is 5.73. The Hall–Kier alpha value is -1.88. The summed E-state index contributed by atoms with van der Waals surface area (Å²) in [4.78, 5) is 21.0. The number of benzene rings is 1. The van der Waals surface area contributed by atoms with Crippen LogP contribution in [0.1, 0.15) is 85.4 Å². The van der Waals surface area contributed by atoms with E-state index >= 15 is 0 Å². The Labute approximate surface area is 165 Å². The first-order valence-electron chi connectivity index (χ1n) is 9.60. The smallest absolute Gasteiger partial charge is 0.340 e. The molecule has 1 saturated carbocycles. The number of carbonyl (C=O) groups is 1. The molecular formula is C22H28N2O2S. The van der Waals surface area contributed by atoms with Gasteiger partial charge in [0.2, 0.25) is 0 Å². The van der Waals surface area contributed by atoms with Crippen molar-refractivity contribution in [1.29, 1.82) is 0 Å². The number of aromatic carboxylic acids is 1. The lowest BCUT2D eigenvalue weighted by Gasteiger charge is -2.19. The summed E-state index contributed by atoms with van der Waals surface area (Å²) in [6, 6.07) is 8.56. The van der Waals surface area contributed by atoms with Crippen molar-refractivity contribution in [2.45, 2.75) is 75.5 Å². The largest absolute Gasteiger partial charge is 0.478 e. The van der Waals surface area contributed by atoms with Crippen LogP contribution in [0.15, 0.2) is 29.3 Å². The first-order valence-corrected chi connectivity index (χ1v) is 10.6. The standard InChI is InChI=1S/C22H28N2O2S/c1-14-18(21(25)26)20(24-19(23-14)16-7-5-6-8-16)27-13-15-9-11-17(12-10-15)22(2,3)4/h9-12,16H,5-8,13H2,1-4H3,(H,25,26). The molecule has 0 saturated heterocycles. The van der Waals surface area contributed by atoms with E-state index in [1.807, 2.05) is 0 Å². The van der Waals surface area contributed by atoms with E-state index in [-0.39, 0.29) is 11.0 Å². The average molecular weight is 385 g/mol. The first kappa shape index (κ1) is 19.9. The zero-order chi connectivity index (χ0) is 19.6. The third-order valence-corrected chi connectivity index (χ3v) is 6.25. The van der Waals surface area contributed by atoms with Crippen LogP contribution in [0.2, 0.25) is 0 Å². The van der Waals surface area contributed by atoms with Gasteiger partial charge in [0.1, 0.15) is 16.4 Å². The highest BCUT2D eigenvalue weighted by atomic mass is 32.2. The SMILES string of the molecule is Cc1nc(C2CCCC2)nc(SCc2ccc(C(C)(C)C)cc2)c1C(=O)O. The van der Waals surface area contributed by atoms with E-state index in [9.17, 15) is 9.90 Å². The fourth-order valence-corrected chi connectivity index (χ4v) is 4.57. The van der Waals surface area contributed by atoms with Crippen molar-refractivity contribution in [3.05, 3.63) is 52.5 Å². The molecule has 1 aromatic carbocycles. The van der Waals surface area contributed by atoms with Gasteiger partial charge >= 0.3 is 5.97 Å². The molecule has 1 aliphatic rings. The second kappa shape index (κ2) is 8.01. The summed E-state index contributed by atoms with van der Waals surface area (Å²) in [5, 5.41) is 10.2. The van der Waals surface area contributed by atoms with E-state index in [1.165, 1.54) is 35.7 Å². The molecule has 3 rings (SSSR count). The van der Waals surface area contributed by atoms with E-state index in [0.29, 0.717) is 22.4 Å². The number of hydrogen-bond donors (Lipinski definition) is 1. The zero-order valence-electron chi connectivity index (χ0n) is 16.6. The van der Waals surface area contributed by atoms with Crippen molar-refractivity contribution in [1.82, 2.24) is 9.97 Å². The van der Waals surface area contributed by atoms with Crippen LogP contribution in [-0.4, -0.2) is 21.0 Å². The van der Waals surface area contributed by atoms with Crippen LogP contribution in [0, 0.1) is 6.92 Å². The maximum absolute atomic E-state index is 11.7. The monoisotopic (exact) mass is 384 g/mol. The van der Waals surface area contributed by atoms with Crippen LogP contribution in [0.5, 0.6) is 0 Å². The van der Waals surface area contributed by atoms with Gasteiger partial charge in [-0.1, -0.05) is 57.9 Å². The van der Waals surface area contributed by atoms with Gasteiger partial charge in [-0.05, 0) is 36.3 Å². The lowest BCUT2D eigenvalue weighted by molar-refractivity contribution is 0.0690. The Morgan fingerprint density at radius 1 is 1.15 bits per heavy atom. The zero-order valence-corrected chi connectivity index (χ0v) is 17.4. The van der Waals surface area contributed by atoms with Crippen molar-refractivity contribution in [3.63, 3.8) is 0 Å². The number of aromatic nitrogens is 2. The summed E-state index contributed by atoms with van der Waals surface area (Å²) >= 11 is 1.50. The minimum absolute atomic E-state index is 0.127. The lowest BCUT2D eigenvalue weighted by Crippen LogP contribution is -2.11. The topological polar surface area (TPSA) is 63.1 Å². The molecule has 0 spiro atoms. The van der Waals surface area contributed by atoms with Crippen LogP contribution >= 0.6 is 11.8 Å². The summed E-state index contributed by atoms with van der Waals surface area (Å²) < 4.78 is 0. The minimum Gasteiger partial charge on any atom is -0.478 e. The van der Waals surface area contributed by atoms with Gasteiger partial charge in [0.25, 0.3) is 0 Å². The van der Waals surface area contributed by atoms with Gasteiger partial charge in [-0.15, -0.1) is 11.8 Å². The fourth-order valence-electron chi connectivity index (χ4n) is 3.54. The molecule has 1 aliphatic carbocycles. The maximum atomic E-state index is 11.7. The lowest BCUT2D eigenvalue weighted by atomic mass is 9.87. The molecular weight excluding hydrogens is 356 g/mol. The quantitative estimate of drug-likeness (QED) is 0.527. The Bertz CT molecular complexity index is 819. The molecule has 1 N–H and O–H groups in total. The van der Waals surface area contributed by atoms with Crippen molar-refractivity contribution >= 4 is 17.7 Å². The molecule has 1 heterocycles. The molecule has 0 bridgehead atoms. The Morgan fingerprint density at radius 2 is 1.78 bits per heavy atom. The van der Waals surface area contributed by atoms with Crippen molar-refractivity contribution in [2.24, 2.45) is 0 Å². The van der Waals surface area contributed by atoms with E-state index in [0.717, 1.165) is 18.7 Å². The van der Waals surface area contributed by atoms with Crippen molar-refractivity contribution < 1.29 is 9.90 Å². The summed E-state index contributed by atoms with van der Waals surface area (Å²) in [7, 11) is 0. The van der Waals surface area contributed by atoms with E-state index < -0.39 is 5.97 Å². The predicted molar refractivity (Wildman–Crippen MR) is 110 cm³/mol. The van der Waals surface area contributed by atoms with Gasteiger partial charge in [0.05, 0.1) is 5.69 Å². The first-order chi connectivity index (χ1) is 12.8. The molecule has 5 heteroatoms. The van der Waals surface area contributed by atoms with Crippen molar-refractivity contribution in [2.75, 3.05) is 0 Å². The summed E-state index contributed by atoms with van der Waals surface area (Å²) in [6.07, 6.45) is 4.61. The highest BCUT2D eigenvalue weighted by Gasteiger charge is 2.24. The molecule has 1 fully saturated rings. The molecule has 4 nitrogen and oxygen atoms in total. The molecule has 1 aromatic heterocycles. The highest BCUT2D eigenvalue weighted by molar-refractivity contribution is 7.98. The van der Waals surface area contributed by atoms with Gasteiger partial charge in [-0.25, -0.2) is 14.8 Å². The van der Waals surface area contributed by atoms with Gasteiger partial charge in [0.15, 0.2) is 0 Å². The number of hydrogen-bond acceptors (Lipinski definition) is 4. The highest BCUT2D eigenvalue weighted by Crippen LogP contribution is 2.35. The molecule has 0 atom stereocenters. The van der Waals surface area contributed by atoms with E-state index in [2.05, 4.69) is 55.0 Å². The minimum atomic E-state index is -0.948. The molecule has 0 radical (unpaired) electrons. The molecule has 0 aliphatic heterocycles. The second-order valence-corrected chi connectivity index (χ2v) is 9.33. The molecule has 2 aromatic rings. The summed E-state index contributed by atoms with van der Waals surface area (Å²) in [5.74, 6) is 0.944. The van der Waals surface area contributed by atoms with Crippen LogP contribution in [0.4, 0.5) is 0 Å². The van der Waals surface area contributed by atoms with Crippen molar-refractivity contribution in [3.8, 4) is 0 Å². The Kier molecular flexibility index (Phi) is 5.89. The summed E-state index contributed by atoms with van der Waals surface area (Å²) in [6.45, 7) is 8.38. The van der Waals surface area contributed by atoms with Crippen LogP contribution < -0.4 is 0 Å². The molecule has 144 valence electrons. The average Bonchev–Trinajstić information content (AvgIpc) is 3.13. The Morgan fingerprint density at radius 3 is 2.33 bits per heavy atom. The number of thioether (sulfide) groups is 1. The van der Waals surface area contributed by atoms with Gasteiger partial charge < -0.3 is 5.11 Å². The molecule has 27 heavy (non-hydrogen) atoms. The van der Waals surface area contributed by atoms with Gasteiger partial charge in [0, 0.05) is 11.7 Å². The van der Waals surface area contributed by atoms with Crippen LogP contribution in [0.3, 0.4) is 0 Å². The Balaban J connectivity index is 1.83. The number of aryl methyl sites for hydroxylation is 1. The fraction of sp³-hybridized carbons (Fsp3) is 0.500. The molecule has 0 unspecified atom stereocenters. The van der Waals surface area contributed by atoms with E-state index in [1.54, 1.807) is 6.92 Å². The third-order valence-electron chi connectivity index (χ3n) is 5.20. The van der Waals surface area contributed by atoms with E-state index in [4.69, 9.17) is 0 Å². The second-order valence-electron chi connectivity index (χ2n) is 8.37. The number of nitrogens with zero attached hydrogens (tertiary/aromatic N) is 2. The molecule has 0 amide bonds. The van der Waals surface area contributed by atoms with Crippen LogP contribution in [-0.2, 0) is 11.2 Å². The van der Waals surface area contributed by atoms with Crippen LogP contribution in [0.25, 0.3) is 0 Å². The third kappa shape index (κ3) is 4.70. The normalized spacial score (nSPS) is 15.3. The number of rotatable bonds is 5. The number of carboxylic acid groups (broad SMARTS) is 1. The number of carboxylic acids is 1. The van der Waals surface area contributed by atoms with Gasteiger partial charge in [-0.3, -0.25) is 0 Å². The summed E-state index contributed by atoms with van der Waals surface area (Å²) in [5.41, 5.74) is 3.41. The maximum Gasteiger partial charge on any atom is 0.340 e.